The van der Waals surface area contributed by atoms with E-state index in [-0.39, 0.29) is 41.3 Å². The summed E-state index contributed by atoms with van der Waals surface area (Å²) in [6.45, 7) is 2.24. The zero-order chi connectivity index (χ0) is 26.2. The number of imidazole rings is 1. The molecule has 10 nitrogen and oxygen atoms in total. The monoisotopic (exact) mass is 519 g/mol. The van der Waals surface area contributed by atoms with Crippen LogP contribution in [0.2, 0.25) is 0 Å². The largest absolute Gasteiger partial charge is 0.345 e. The average molecular weight is 520 g/mol. The molecule has 0 aliphatic carbocycles. The van der Waals surface area contributed by atoms with E-state index in [1.165, 1.54) is 6.07 Å². The van der Waals surface area contributed by atoms with Crippen LogP contribution in [0.4, 0.5) is 4.39 Å². The number of hydrazine groups is 1. The van der Waals surface area contributed by atoms with E-state index in [9.17, 15) is 18.8 Å². The molecule has 3 fully saturated rings. The lowest BCUT2D eigenvalue weighted by Crippen LogP contribution is -2.67. The molecule has 6 rings (SSSR count). The molecule has 3 amide bonds. The van der Waals surface area contributed by atoms with Crippen LogP contribution in [0.3, 0.4) is 0 Å². The number of nitrogens with zero attached hydrogens (tertiary/aromatic N) is 3. The lowest BCUT2D eigenvalue weighted by molar-refractivity contribution is -0.131. The minimum atomic E-state index is -0.566. The zero-order valence-electron chi connectivity index (χ0n) is 20.9. The Balaban J connectivity index is 1.11. The van der Waals surface area contributed by atoms with Crippen molar-refractivity contribution in [3.63, 3.8) is 0 Å². The van der Waals surface area contributed by atoms with Gasteiger partial charge in [-0.2, -0.15) is 0 Å². The van der Waals surface area contributed by atoms with Crippen molar-refractivity contribution >= 4 is 28.8 Å². The molecule has 3 saturated heterocycles. The average Bonchev–Trinajstić information content (AvgIpc) is 3.43. The van der Waals surface area contributed by atoms with Gasteiger partial charge in [0.25, 0.3) is 11.8 Å². The topological polar surface area (TPSA) is 122 Å². The van der Waals surface area contributed by atoms with Gasteiger partial charge in [-0.05, 0) is 61.7 Å². The molecule has 0 spiro atoms. The number of carbonyl (C=O) groups excluding carboxylic acids is 3. The van der Waals surface area contributed by atoms with Gasteiger partial charge in [-0.25, -0.2) is 14.8 Å². The van der Waals surface area contributed by atoms with Crippen LogP contribution in [0.1, 0.15) is 39.1 Å². The van der Waals surface area contributed by atoms with Crippen LogP contribution in [-0.2, 0) is 11.2 Å². The van der Waals surface area contributed by atoms with Crippen LogP contribution in [-0.4, -0.2) is 82.3 Å². The number of rotatable bonds is 4. The molecule has 3 aliphatic heterocycles. The van der Waals surface area contributed by atoms with Gasteiger partial charge >= 0.3 is 0 Å². The molecule has 1 aromatic heterocycles. The van der Waals surface area contributed by atoms with Gasteiger partial charge in [-0.15, -0.1) is 0 Å². The van der Waals surface area contributed by atoms with E-state index in [1.54, 1.807) is 46.5 Å². The Morgan fingerprint density at radius 3 is 2.63 bits per heavy atom. The van der Waals surface area contributed by atoms with E-state index < -0.39 is 5.82 Å². The van der Waals surface area contributed by atoms with Gasteiger partial charge in [0.2, 0.25) is 5.91 Å². The number of piperazine rings is 1. The van der Waals surface area contributed by atoms with Gasteiger partial charge in [-0.3, -0.25) is 19.8 Å². The maximum atomic E-state index is 14.8. The van der Waals surface area contributed by atoms with Crippen molar-refractivity contribution in [2.75, 3.05) is 32.7 Å². The third kappa shape index (κ3) is 4.63. The lowest BCUT2D eigenvalue weighted by atomic mass is 9.82. The summed E-state index contributed by atoms with van der Waals surface area (Å²) >= 11 is 0. The van der Waals surface area contributed by atoms with E-state index in [1.807, 2.05) is 0 Å². The molecule has 198 valence electrons. The van der Waals surface area contributed by atoms with Gasteiger partial charge in [-0.1, -0.05) is 6.07 Å². The lowest BCUT2D eigenvalue weighted by Gasteiger charge is -2.41. The summed E-state index contributed by atoms with van der Waals surface area (Å²) in [7, 11) is 0. The molecule has 4 N–H and O–H groups in total. The molecule has 3 unspecified atom stereocenters. The molecule has 3 aliphatic rings. The highest BCUT2D eigenvalue weighted by Crippen LogP contribution is 2.25. The van der Waals surface area contributed by atoms with Crippen LogP contribution in [0.15, 0.2) is 42.7 Å². The van der Waals surface area contributed by atoms with Gasteiger partial charge in [0.05, 0.1) is 28.8 Å². The summed E-state index contributed by atoms with van der Waals surface area (Å²) in [4.78, 5) is 49.0. The zero-order valence-corrected chi connectivity index (χ0v) is 20.9. The first-order valence-corrected chi connectivity index (χ1v) is 13.1. The predicted octanol–water partition coefficient (Wildman–Crippen LogP) is 1.21. The first-order valence-electron chi connectivity index (χ1n) is 13.1. The van der Waals surface area contributed by atoms with E-state index >= 15 is 0 Å². The third-order valence-electron chi connectivity index (χ3n) is 7.89. The molecule has 2 aromatic carbocycles. The fraction of sp³-hybridized carbons (Fsp3) is 0.407. The van der Waals surface area contributed by atoms with Crippen LogP contribution in [0.5, 0.6) is 0 Å². The van der Waals surface area contributed by atoms with E-state index in [4.69, 9.17) is 0 Å². The van der Waals surface area contributed by atoms with Crippen LogP contribution in [0, 0.1) is 11.7 Å². The number of halogens is 1. The smallest absolute Gasteiger partial charge is 0.256 e. The number of carbonyl (C=O) groups is 3. The second kappa shape index (κ2) is 10.1. The molecular weight excluding hydrogens is 489 g/mol. The second-order valence-electron chi connectivity index (χ2n) is 10.2. The van der Waals surface area contributed by atoms with Crippen molar-refractivity contribution in [1.29, 1.82) is 0 Å². The van der Waals surface area contributed by atoms with Crippen LogP contribution in [0.25, 0.3) is 11.0 Å². The number of aromatic nitrogens is 2. The number of fused-ring (bicyclic) bond motifs is 2. The highest BCUT2D eigenvalue weighted by molar-refractivity contribution is 5.98. The highest BCUT2D eigenvalue weighted by atomic mass is 19.1. The summed E-state index contributed by atoms with van der Waals surface area (Å²) in [6.07, 6.45) is 3.92. The minimum absolute atomic E-state index is 0.00657. The van der Waals surface area contributed by atoms with Crippen molar-refractivity contribution in [3.8, 4) is 0 Å². The van der Waals surface area contributed by atoms with E-state index in [2.05, 4.69) is 26.1 Å². The number of amides is 3. The molecule has 3 aromatic rings. The van der Waals surface area contributed by atoms with Crippen LogP contribution >= 0.6 is 0 Å². The van der Waals surface area contributed by atoms with Crippen molar-refractivity contribution in [3.05, 3.63) is 65.2 Å². The minimum Gasteiger partial charge on any atom is -0.345 e. The summed E-state index contributed by atoms with van der Waals surface area (Å²) in [5.74, 6) is -1.16. The fourth-order valence-corrected chi connectivity index (χ4v) is 5.81. The number of hydrogen-bond acceptors (Lipinski definition) is 6. The van der Waals surface area contributed by atoms with Gasteiger partial charge in [0.1, 0.15) is 5.82 Å². The van der Waals surface area contributed by atoms with Gasteiger partial charge in [0.15, 0.2) is 0 Å². The predicted molar refractivity (Wildman–Crippen MR) is 138 cm³/mol. The number of hydrogen-bond donors (Lipinski definition) is 4. The summed E-state index contributed by atoms with van der Waals surface area (Å²) in [6, 6.07) is 9.89. The van der Waals surface area contributed by atoms with E-state index in [0.29, 0.717) is 38.2 Å². The molecule has 4 heterocycles. The van der Waals surface area contributed by atoms with Crippen molar-refractivity contribution in [2.24, 2.45) is 5.92 Å². The number of aromatic amines is 1. The first kappa shape index (κ1) is 24.5. The number of piperidine rings is 1. The molecular formula is C27H30FN7O3. The SMILES string of the molecule is O=C1NNC(Cc2ccc(F)c(C(=O)N3CCN(C(=O)c4ccc5nc[nH]c5c4)CC3)c2)C2NCCCC12. The Bertz CT molecular complexity index is 1380. The summed E-state index contributed by atoms with van der Waals surface area (Å²) in [5.41, 5.74) is 8.84. The number of benzene rings is 2. The molecule has 0 saturated carbocycles. The number of H-pyrrole nitrogens is 1. The van der Waals surface area contributed by atoms with Gasteiger partial charge < -0.3 is 20.1 Å². The van der Waals surface area contributed by atoms with Crippen molar-refractivity contribution < 1.29 is 18.8 Å². The second-order valence-corrected chi connectivity index (χ2v) is 10.2. The van der Waals surface area contributed by atoms with Crippen molar-refractivity contribution in [2.45, 2.75) is 31.3 Å². The van der Waals surface area contributed by atoms with Crippen molar-refractivity contribution in [1.82, 2.24) is 35.9 Å². The first-order chi connectivity index (χ1) is 18.5. The van der Waals surface area contributed by atoms with E-state index in [0.717, 1.165) is 36.0 Å². The van der Waals surface area contributed by atoms with Gasteiger partial charge in [0, 0.05) is 43.8 Å². The molecule has 11 heteroatoms. The Morgan fingerprint density at radius 1 is 1.03 bits per heavy atom. The molecule has 3 atom stereocenters. The van der Waals surface area contributed by atoms with Crippen LogP contribution < -0.4 is 16.2 Å². The standard InChI is InChI=1S/C27H30FN7O3/c28-20-5-3-16(13-23-24-18(2-1-7-29-24)25(36)33-32-23)12-19(20)27(38)35-10-8-34(9-11-35)26(37)17-4-6-21-22(14-17)31-15-30-21/h3-6,12,14-15,18,23-24,29,32H,1-2,7-11,13H2,(H,30,31)(H,33,36). The third-order valence-corrected chi connectivity index (χ3v) is 7.89. The fourth-order valence-electron chi connectivity index (χ4n) is 5.81. The Morgan fingerprint density at radius 2 is 1.82 bits per heavy atom. The quantitative estimate of drug-likeness (QED) is 0.411. The Labute approximate surface area is 218 Å². The maximum absolute atomic E-state index is 14.8. The Kier molecular flexibility index (Phi) is 6.54. The molecule has 0 radical (unpaired) electrons. The normalized spacial score (nSPS) is 23.7. The Hall–Kier alpha value is -3.83. The number of nitrogens with one attached hydrogen (secondary N) is 4. The maximum Gasteiger partial charge on any atom is 0.256 e. The highest BCUT2D eigenvalue weighted by Gasteiger charge is 2.40. The summed E-state index contributed by atoms with van der Waals surface area (Å²) < 4.78 is 14.8. The molecule has 0 bridgehead atoms. The molecule has 38 heavy (non-hydrogen) atoms. The summed E-state index contributed by atoms with van der Waals surface area (Å²) in [5, 5.41) is 3.44.